The minimum absolute atomic E-state index is 0.0667. The van der Waals surface area contributed by atoms with Gasteiger partial charge in [0.2, 0.25) is 11.7 Å². The Hall–Kier alpha value is -4.00. The molecule has 0 N–H and O–H groups in total. The van der Waals surface area contributed by atoms with E-state index in [2.05, 4.69) is 10.1 Å². The van der Waals surface area contributed by atoms with Crippen LogP contribution < -0.4 is 4.74 Å². The molecule has 4 rings (SSSR count). The van der Waals surface area contributed by atoms with E-state index in [1.54, 1.807) is 4.90 Å². The van der Waals surface area contributed by atoms with Crippen LogP contribution in [0.1, 0.15) is 11.5 Å². The van der Waals surface area contributed by atoms with Crippen LogP contribution in [-0.2, 0) is 17.5 Å². The zero-order chi connectivity index (χ0) is 25.0. The summed E-state index contributed by atoms with van der Waals surface area (Å²) in [6.07, 6.45) is -4.47. The molecule has 184 valence electrons. The largest absolute Gasteiger partial charge is 0.484 e. The van der Waals surface area contributed by atoms with Crippen LogP contribution >= 0.6 is 0 Å². The van der Waals surface area contributed by atoms with Crippen LogP contribution in [0.2, 0.25) is 0 Å². The first-order chi connectivity index (χ1) is 16.7. The predicted molar refractivity (Wildman–Crippen MR) is 115 cm³/mol. The van der Waals surface area contributed by atoms with E-state index in [0.29, 0.717) is 38.5 Å². The average molecular weight is 491 g/mol. The Morgan fingerprint density at radius 1 is 1.11 bits per heavy atom. The van der Waals surface area contributed by atoms with Crippen LogP contribution in [0, 0.1) is 10.1 Å². The number of ether oxygens (including phenoxy) is 1. The summed E-state index contributed by atoms with van der Waals surface area (Å²) >= 11 is 0. The quantitative estimate of drug-likeness (QED) is 0.365. The number of carbonyl (C=O) groups excluding carboxylic acids is 1. The molecule has 0 radical (unpaired) electrons. The average Bonchev–Trinajstić information content (AvgIpc) is 3.31. The molecular weight excluding hydrogens is 471 g/mol. The van der Waals surface area contributed by atoms with Crippen molar-refractivity contribution in [3.8, 4) is 17.1 Å². The van der Waals surface area contributed by atoms with Crippen molar-refractivity contribution in [2.45, 2.75) is 12.7 Å². The molecule has 35 heavy (non-hydrogen) atoms. The second kappa shape index (κ2) is 10.1. The van der Waals surface area contributed by atoms with E-state index < -0.39 is 16.7 Å². The number of non-ortho nitro benzene ring substituents is 1. The molecule has 1 aliphatic rings. The molecule has 1 fully saturated rings. The Kier molecular flexibility index (Phi) is 6.96. The number of nitrogens with zero attached hydrogens (tertiary/aromatic N) is 5. The van der Waals surface area contributed by atoms with Crippen molar-refractivity contribution in [3.63, 3.8) is 0 Å². The number of aromatic nitrogens is 2. The van der Waals surface area contributed by atoms with Gasteiger partial charge in [0.25, 0.3) is 11.6 Å². The summed E-state index contributed by atoms with van der Waals surface area (Å²) in [4.78, 5) is 30.4. The van der Waals surface area contributed by atoms with Gasteiger partial charge < -0.3 is 14.2 Å². The molecule has 1 saturated heterocycles. The molecule has 1 aliphatic heterocycles. The first kappa shape index (κ1) is 24.1. The van der Waals surface area contributed by atoms with Gasteiger partial charge in [-0.1, -0.05) is 17.3 Å². The number of benzene rings is 2. The molecule has 0 atom stereocenters. The van der Waals surface area contributed by atoms with Gasteiger partial charge in [-0.15, -0.1) is 0 Å². The van der Waals surface area contributed by atoms with Crippen LogP contribution in [-0.4, -0.2) is 63.6 Å². The van der Waals surface area contributed by atoms with Crippen molar-refractivity contribution in [2.75, 3.05) is 32.8 Å². The minimum atomic E-state index is -4.47. The van der Waals surface area contributed by atoms with Gasteiger partial charge in [-0.05, 0) is 24.3 Å². The number of hydrogen-bond donors (Lipinski definition) is 0. The molecule has 2 aromatic carbocycles. The van der Waals surface area contributed by atoms with Gasteiger partial charge in [-0.25, -0.2) is 0 Å². The number of nitro benzene ring substituents is 1. The monoisotopic (exact) mass is 491 g/mol. The molecule has 2 heterocycles. The van der Waals surface area contributed by atoms with Gasteiger partial charge in [0.05, 0.1) is 17.0 Å². The highest BCUT2D eigenvalue weighted by Gasteiger charge is 2.31. The molecule has 10 nitrogen and oxygen atoms in total. The van der Waals surface area contributed by atoms with Gasteiger partial charge in [-0.3, -0.25) is 19.8 Å². The molecule has 0 spiro atoms. The topological polar surface area (TPSA) is 115 Å². The maximum absolute atomic E-state index is 12.9. The lowest BCUT2D eigenvalue weighted by Gasteiger charge is -2.33. The predicted octanol–water partition coefficient (Wildman–Crippen LogP) is 3.39. The Labute approximate surface area is 197 Å². The third kappa shape index (κ3) is 6.12. The maximum Gasteiger partial charge on any atom is 0.416 e. The Morgan fingerprint density at radius 3 is 2.49 bits per heavy atom. The van der Waals surface area contributed by atoms with Crippen LogP contribution in [0.3, 0.4) is 0 Å². The van der Waals surface area contributed by atoms with Crippen molar-refractivity contribution in [3.05, 3.63) is 70.1 Å². The molecule has 1 amide bonds. The maximum atomic E-state index is 12.9. The van der Waals surface area contributed by atoms with Crippen molar-refractivity contribution < 1.29 is 32.1 Å². The van der Waals surface area contributed by atoms with Crippen molar-refractivity contribution >= 4 is 11.6 Å². The molecule has 0 saturated carbocycles. The zero-order valence-corrected chi connectivity index (χ0v) is 18.3. The van der Waals surface area contributed by atoms with Gasteiger partial charge in [0, 0.05) is 43.9 Å². The van der Waals surface area contributed by atoms with E-state index in [9.17, 15) is 28.1 Å². The number of halogens is 3. The van der Waals surface area contributed by atoms with E-state index in [0.717, 1.165) is 12.1 Å². The second-order valence-electron chi connectivity index (χ2n) is 7.79. The Balaban J connectivity index is 1.25. The van der Waals surface area contributed by atoms with Crippen LogP contribution in [0.15, 0.2) is 53.1 Å². The fourth-order valence-corrected chi connectivity index (χ4v) is 3.52. The molecule has 1 aromatic heterocycles. The van der Waals surface area contributed by atoms with E-state index in [4.69, 9.17) is 9.26 Å². The van der Waals surface area contributed by atoms with E-state index in [-0.39, 0.29) is 35.5 Å². The molecule has 0 bridgehead atoms. The highest BCUT2D eigenvalue weighted by atomic mass is 19.4. The number of piperazine rings is 1. The van der Waals surface area contributed by atoms with Gasteiger partial charge in [0.1, 0.15) is 5.75 Å². The third-order valence-corrected chi connectivity index (χ3v) is 5.41. The fourth-order valence-electron chi connectivity index (χ4n) is 3.52. The van der Waals surface area contributed by atoms with Crippen molar-refractivity contribution in [1.82, 2.24) is 19.9 Å². The standard InChI is InChI=1S/C22H20F3N5O5/c23-22(24,25)16-3-1-2-15(12-16)21-26-19(35-27-21)13-28-8-10-29(11-9-28)20(31)14-34-18-6-4-17(5-7-18)30(32)33/h1-7,12H,8-11,13-14H2. The number of nitro groups is 1. The second-order valence-corrected chi connectivity index (χ2v) is 7.79. The van der Waals surface area contributed by atoms with E-state index in [1.165, 1.54) is 36.4 Å². The first-order valence-corrected chi connectivity index (χ1v) is 10.6. The smallest absolute Gasteiger partial charge is 0.416 e. The summed E-state index contributed by atoms with van der Waals surface area (Å²) in [5.74, 6) is 0.477. The Morgan fingerprint density at radius 2 is 1.83 bits per heavy atom. The minimum Gasteiger partial charge on any atom is -0.484 e. The van der Waals surface area contributed by atoms with E-state index >= 15 is 0 Å². The summed E-state index contributed by atoms with van der Waals surface area (Å²) in [5, 5.41) is 14.5. The van der Waals surface area contributed by atoms with Gasteiger partial charge in [0.15, 0.2) is 6.61 Å². The summed E-state index contributed by atoms with van der Waals surface area (Å²) in [5.41, 5.74) is -0.652. The highest BCUT2D eigenvalue weighted by Crippen LogP contribution is 2.31. The number of alkyl halides is 3. The summed E-state index contributed by atoms with van der Waals surface area (Å²) < 4.78 is 49.4. The Bertz CT molecular complexity index is 1190. The fraction of sp³-hybridized carbons (Fsp3) is 0.318. The molecule has 0 aliphatic carbocycles. The molecule has 13 heteroatoms. The number of hydrogen-bond acceptors (Lipinski definition) is 8. The first-order valence-electron chi connectivity index (χ1n) is 10.6. The number of amides is 1. The third-order valence-electron chi connectivity index (χ3n) is 5.41. The van der Waals surface area contributed by atoms with Crippen LogP contribution in [0.4, 0.5) is 18.9 Å². The van der Waals surface area contributed by atoms with Crippen molar-refractivity contribution in [2.24, 2.45) is 0 Å². The normalized spacial score (nSPS) is 14.7. The summed E-state index contributed by atoms with van der Waals surface area (Å²) in [7, 11) is 0. The lowest BCUT2D eigenvalue weighted by molar-refractivity contribution is -0.384. The lowest BCUT2D eigenvalue weighted by Crippen LogP contribution is -2.49. The highest BCUT2D eigenvalue weighted by molar-refractivity contribution is 5.77. The molecular formula is C22H20F3N5O5. The number of rotatable bonds is 7. The number of carbonyl (C=O) groups is 1. The SMILES string of the molecule is O=C(COc1ccc([N+](=O)[O-])cc1)N1CCN(Cc2nc(-c3cccc(C(F)(F)F)c3)no2)CC1. The van der Waals surface area contributed by atoms with Gasteiger partial charge >= 0.3 is 6.18 Å². The van der Waals surface area contributed by atoms with Crippen LogP contribution in [0.5, 0.6) is 5.75 Å². The zero-order valence-electron chi connectivity index (χ0n) is 18.3. The summed E-state index contributed by atoms with van der Waals surface area (Å²) in [6.45, 7) is 2.05. The molecule has 0 unspecified atom stereocenters. The van der Waals surface area contributed by atoms with E-state index in [1.807, 2.05) is 4.90 Å². The molecule has 3 aromatic rings. The van der Waals surface area contributed by atoms with Crippen molar-refractivity contribution in [1.29, 1.82) is 0 Å². The lowest BCUT2D eigenvalue weighted by atomic mass is 10.1. The van der Waals surface area contributed by atoms with Crippen LogP contribution in [0.25, 0.3) is 11.4 Å². The van der Waals surface area contributed by atoms with Gasteiger partial charge in [-0.2, -0.15) is 18.2 Å². The summed E-state index contributed by atoms with van der Waals surface area (Å²) in [6, 6.07) is 10.2.